The monoisotopic (exact) mass is 401 g/mol. The van der Waals surface area contributed by atoms with Gasteiger partial charge in [-0.1, -0.05) is 39.0 Å². The second-order valence-electron chi connectivity index (χ2n) is 7.76. The van der Waals surface area contributed by atoms with Crippen molar-refractivity contribution < 1.29 is 13.2 Å². The molecule has 1 aromatic heterocycles. The van der Waals surface area contributed by atoms with Crippen molar-refractivity contribution in [2.24, 2.45) is 19.5 Å². The molecule has 0 aliphatic rings. The van der Waals surface area contributed by atoms with Crippen LogP contribution in [-0.4, -0.2) is 23.5 Å². The first kappa shape index (κ1) is 19.9. The van der Waals surface area contributed by atoms with Crippen LogP contribution in [0.5, 0.6) is 0 Å². The first-order valence-corrected chi connectivity index (χ1v) is 10.2. The Kier molecular flexibility index (Phi) is 4.71. The molecule has 1 amide bonds. The molecule has 7 nitrogen and oxygen atoms in total. The molecule has 1 N–H and O–H groups in total. The summed E-state index contributed by atoms with van der Waals surface area (Å²) in [5.74, 6) is -0.322. The molecule has 0 saturated carbocycles. The number of carbonyl (C=O) groups is 1. The van der Waals surface area contributed by atoms with Crippen molar-refractivity contribution in [2.45, 2.75) is 30.6 Å². The summed E-state index contributed by atoms with van der Waals surface area (Å²) in [6.07, 6.45) is 0. The number of sulfone groups is 1. The van der Waals surface area contributed by atoms with E-state index in [1.165, 1.54) is 33.4 Å². The van der Waals surface area contributed by atoms with Gasteiger partial charge in [0, 0.05) is 19.5 Å². The first-order chi connectivity index (χ1) is 12.9. The Bertz CT molecular complexity index is 1230. The molecule has 148 valence electrons. The predicted molar refractivity (Wildman–Crippen MR) is 108 cm³/mol. The van der Waals surface area contributed by atoms with E-state index in [9.17, 15) is 18.0 Å². The van der Waals surface area contributed by atoms with Crippen LogP contribution in [-0.2, 0) is 28.7 Å². The molecule has 1 heterocycles. The van der Waals surface area contributed by atoms with Crippen LogP contribution in [0.3, 0.4) is 0 Å². The highest BCUT2D eigenvalue weighted by Gasteiger charge is 2.28. The summed E-state index contributed by atoms with van der Waals surface area (Å²) in [6.45, 7) is 5.22. The molecule has 0 fully saturated rings. The summed E-state index contributed by atoms with van der Waals surface area (Å²) in [5, 5.41) is 2.73. The number of imidazole rings is 1. The standard InChI is InChI=1S/C20H23N3O4S/c1-20(2,3)18(24)21-14-11-15-16(23(5)19(25)22(15)4)12-17(14)28(26,27)13-9-7-6-8-10-13/h6-12H,1-5H3,(H,21,24). The SMILES string of the molecule is Cn1c(=O)n(C)c2cc(S(=O)(=O)c3ccccc3)c(NC(=O)C(C)(C)C)cc21. The van der Waals surface area contributed by atoms with Gasteiger partial charge in [-0.3, -0.25) is 13.9 Å². The lowest BCUT2D eigenvalue weighted by Gasteiger charge is -2.20. The minimum Gasteiger partial charge on any atom is -0.324 e. The Hall–Kier alpha value is -2.87. The van der Waals surface area contributed by atoms with Gasteiger partial charge in [0.05, 0.1) is 26.5 Å². The number of fused-ring (bicyclic) bond motifs is 1. The van der Waals surface area contributed by atoms with Gasteiger partial charge in [0.15, 0.2) is 0 Å². The number of aryl methyl sites for hydroxylation is 2. The molecule has 0 saturated heterocycles. The Balaban J connectivity index is 2.33. The Morgan fingerprint density at radius 3 is 2.04 bits per heavy atom. The lowest BCUT2D eigenvalue weighted by Crippen LogP contribution is -2.28. The van der Waals surface area contributed by atoms with Crippen molar-refractivity contribution in [3.63, 3.8) is 0 Å². The number of benzene rings is 2. The smallest absolute Gasteiger partial charge is 0.324 e. The van der Waals surface area contributed by atoms with Crippen LogP contribution in [0.2, 0.25) is 0 Å². The normalized spacial score (nSPS) is 12.3. The molecule has 3 aromatic rings. The highest BCUT2D eigenvalue weighted by molar-refractivity contribution is 7.91. The van der Waals surface area contributed by atoms with E-state index in [0.717, 1.165) is 0 Å². The largest absolute Gasteiger partial charge is 0.328 e. The molecule has 28 heavy (non-hydrogen) atoms. The van der Waals surface area contributed by atoms with E-state index in [1.807, 2.05) is 0 Å². The third-order valence-corrected chi connectivity index (χ3v) is 6.46. The van der Waals surface area contributed by atoms with Gasteiger partial charge in [0.25, 0.3) is 0 Å². The highest BCUT2D eigenvalue weighted by atomic mass is 32.2. The third-order valence-electron chi connectivity index (χ3n) is 4.65. The van der Waals surface area contributed by atoms with Crippen LogP contribution in [0.25, 0.3) is 11.0 Å². The summed E-state index contributed by atoms with van der Waals surface area (Å²) in [6, 6.07) is 11.0. The van der Waals surface area contributed by atoms with Crippen LogP contribution in [0.15, 0.2) is 57.1 Å². The number of hydrogen-bond donors (Lipinski definition) is 1. The molecule has 3 rings (SSSR count). The van der Waals surface area contributed by atoms with Gasteiger partial charge in [-0.05, 0) is 24.3 Å². The molecule has 2 aromatic carbocycles. The molecular formula is C20H23N3O4S. The number of amides is 1. The number of nitrogens with zero attached hydrogens (tertiary/aromatic N) is 2. The maximum Gasteiger partial charge on any atom is 0.328 e. The fraction of sp³-hybridized carbons (Fsp3) is 0.300. The van der Waals surface area contributed by atoms with E-state index in [4.69, 9.17) is 0 Å². The van der Waals surface area contributed by atoms with Crippen LogP contribution in [0.4, 0.5) is 5.69 Å². The van der Waals surface area contributed by atoms with Crippen LogP contribution in [0, 0.1) is 5.41 Å². The molecule has 0 atom stereocenters. The fourth-order valence-electron chi connectivity index (χ4n) is 2.88. The summed E-state index contributed by atoms with van der Waals surface area (Å²) >= 11 is 0. The van der Waals surface area contributed by atoms with Gasteiger partial charge in [0.2, 0.25) is 15.7 Å². The maximum absolute atomic E-state index is 13.3. The zero-order valence-electron chi connectivity index (χ0n) is 16.5. The molecule has 8 heteroatoms. The van der Waals surface area contributed by atoms with Gasteiger partial charge in [-0.2, -0.15) is 0 Å². The van der Waals surface area contributed by atoms with Crippen molar-refractivity contribution in [3.8, 4) is 0 Å². The lowest BCUT2D eigenvalue weighted by atomic mass is 9.95. The van der Waals surface area contributed by atoms with E-state index in [1.54, 1.807) is 53.1 Å². The van der Waals surface area contributed by atoms with Gasteiger partial charge >= 0.3 is 5.69 Å². The fourth-order valence-corrected chi connectivity index (χ4v) is 4.32. The minimum absolute atomic E-state index is 0.0509. The average Bonchev–Trinajstić information content (AvgIpc) is 2.85. The van der Waals surface area contributed by atoms with Gasteiger partial charge < -0.3 is 5.32 Å². The first-order valence-electron chi connectivity index (χ1n) is 8.75. The molecule has 0 aliphatic carbocycles. The number of hydrogen-bond acceptors (Lipinski definition) is 4. The second kappa shape index (κ2) is 6.63. The van der Waals surface area contributed by atoms with Crippen LogP contribution < -0.4 is 11.0 Å². The van der Waals surface area contributed by atoms with Crippen LogP contribution in [0.1, 0.15) is 20.8 Å². The number of carbonyl (C=O) groups excluding carboxylic acids is 1. The summed E-state index contributed by atoms with van der Waals surface area (Å²) in [7, 11) is -0.729. The number of aromatic nitrogens is 2. The van der Waals surface area contributed by atoms with Gasteiger partial charge in [-0.25, -0.2) is 13.2 Å². The predicted octanol–water partition coefficient (Wildman–Crippen LogP) is 2.69. The molecule has 0 radical (unpaired) electrons. The zero-order valence-corrected chi connectivity index (χ0v) is 17.3. The quantitative estimate of drug-likeness (QED) is 0.731. The van der Waals surface area contributed by atoms with E-state index >= 15 is 0 Å². The number of nitrogens with one attached hydrogen (secondary N) is 1. The van der Waals surface area contributed by atoms with Crippen molar-refractivity contribution in [1.82, 2.24) is 9.13 Å². The lowest BCUT2D eigenvalue weighted by molar-refractivity contribution is -0.123. The van der Waals surface area contributed by atoms with Gasteiger partial charge in [0.1, 0.15) is 0 Å². The van der Waals surface area contributed by atoms with Crippen molar-refractivity contribution in [2.75, 3.05) is 5.32 Å². The molecule has 0 unspecified atom stereocenters. The maximum atomic E-state index is 13.3. The van der Waals surface area contributed by atoms with E-state index in [0.29, 0.717) is 11.0 Å². The van der Waals surface area contributed by atoms with Crippen molar-refractivity contribution in [1.29, 1.82) is 0 Å². The minimum atomic E-state index is -3.91. The Morgan fingerprint density at radius 2 is 1.50 bits per heavy atom. The Morgan fingerprint density at radius 1 is 0.964 bits per heavy atom. The molecule has 0 bridgehead atoms. The van der Waals surface area contributed by atoms with E-state index < -0.39 is 15.3 Å². The second-order valence-corrected chi connectivity index (χ2v) is 9.68. The summed E-state index contributed by atoms with van der Waals surface area (Å²) in [5.41, 5.74) is 0.153. The number of anilines is 1. The average molecular weight is 401 g/mol. The van der Waals surface area contributed by atoms with E-state index in [2.05, 4.69) is 5.32 Å². The highest BCUT2D eigenvalue weighted by Crippen LogP contribution is 2.32. The van der Waals surface area contributed by atoms with E-state index in [-0.39, 0.29) is 27.1 Å². The molecular weight excluding hydrogens is 378 g/mol. The zero-order chi connectivity index (χ0) is 20.9. The van der Waals surface area contributed by atoms with Crippen molar-refractivity contribution >= 4 is 32.5 Å². The summed E-state index contributed by atoms with van der Waals surface area (Å²) < 4.78 is 29.4. The molecule has 0 spiro atoms. The molecule has 0 aliphatic heterocycles. The topological polar surface area (TPSA) is 90.2 Å². The Labute approximate surface area is 163 Å². The van der Waals surface area contributed by atoms with Crippen LogP contribution >= 0.6 is 0 Å². The van der Waals surface area contributed by atoms with Gasteiger partial charge in [-0.15, -0.1) is 0 Å². The number of rotatable bonds is 3. The summed E-state index contributed by atoms with van der Waals surface area (Å²) in [4.78, 5) is 24.9. The third kappa shape index (κ3) is 3.24. The van der Waals surface area contributed by atoms with Crippen molar-refractivity contribution in [3.05, 3.63) is 52.9 Å².